The summed E-state index contributed by atoms with van der Waals surface area (Å²) in [7, 11) is 0. The summed E-state index contributed by atoms with van der Waals surface area (Å²) in [6.07, 6.45) is 1.55. The monoisotopic (exact) mass is 198 g/mol. The SMILES string of the molecule is N#Cc1cnc2cc3c(cc2c1)OCO3. The average Bonchev–Trinajstić information content (AvgIpc) is 2.72. The third kappa shape index (κ3) is 1.17. The molecule has 0 radical (unpaired) electrons. The van der Waals surface area contributed by atoms with Gasteiger partial charge in [-0.25, -0.2) is 0 Å². The molecule has 0 unspecified atom stereocenters. The smallest absolute Gasteiger partial charge is 0.231 e. The number of hydrogen-bond acceptors (Lipinski definition) is 4. The Balaban J connectivity index is 2.30. The van der Waals surface area contributed by atoms with Crippen LogP contribution in [0.15, 0.2) is 24.4 Å². The summed E-state index contributed by atoms with van der Waals surface area (Å²) in [4.78, 5) is 4.17. The van der Waals surface area contributed by atoms with Gasteiger partial charge in [-0.1, -0.05) is 0 Å². The number of fused-ring (bicyclic) bond motifs is 2. The van der Waals surface area contributed by atoms with Crippen molar-refractivity contribution in [1.29, 1.82) is 5.26 Å². The van der Waals surface area contributed by atoms with Gasteiger partial charge in [0.25, 0.3) is 0 Å². The maximum atomic E-state index is 8.74. The highest BCUT2D eigenvalue weighted by Crippen LogP contribution is 2.35. The summed E-state index contributed by atoms with van der Waals surface area (Å²) in [6, 6.07) is 7.49. The van der Waals surface area contributed by atoms with Gasteiger partial charge in [0.05, 0.1) is 11.1 Å². The Morgan fingerprint density at radius 2 is 2.00 bits per heavy atom. The Morgan fingerprint density at radius 3 is 2.80 bits per heavy atom. The molecule has 0 saturated carbocycles. The molecule has 0 bridgehead atoms. The van der Waals surface area contributed by atoms with Crippen molar-refractivity contribution in [3.63, 3.8) is 0 Å². The number of nitrogens with zero attached hydrogens (tertiary/aromatic N) is 2. The minimum Gasteiger partial charge on any atom is -0.454 e. The molecule has 1 aromatic heterocycles. The third-order valence-corrected chi connectivity index (χ3v) is 2.30. The van der Waals surface area contributed by atoms with E-state index < -0.39 is 0 Å². The quantitative estimate of drug-likeness (QED) is 0.648. The molecule has 2 heterocycles. The van der Waals surface area contributed by atoms with Gasteiger partial charge >= 0.3 is 0 Å². The zero-order valence-corrected chi connectivity index (χ0v) is 7.73. The molecule has 15 heavy (non-hydrogen) atoms. The van der Waals surface area contributed by atoms with Gasteiger partial charge < -0.3 is 9.47 Å². The van der Waals surface area contributed by atoms with Crippen molar-refractivity contribution in [1.82, 2.24) is 4.98 Å². The molecule has 0 amide bonds. The van der Waals surface area contributed by atoms with Crippen LogP contribution in [-0.2, 0) is 0 Å². The highest BCUT2D eigenvalue weighted by Gasteiger charge is 2.14. The van der Waals surface area contributed by atoms with Gasteiger partial charge in [-0.15, -0.1) is 0 Å². The normalized spacial score (nSPS) is 12.7. The molecule has 1 aliphatic rings. The van der Waals surface area contributed by atoms with E-state index in [2.05, 4.69) is 11.1 Å². The minimum atomic E-state index is 0.247. The molecule has 0 aliphatic carbocycles. The topological polar surface area (TPSA) is 55.1 Å². The Hall–Kier alpha value is -2.28. The average molecular weight is 198 g/mol. The van der Waals surface area contributed by atoms with Gasteiger partial charge in [-0.05, 0) is 12.1 Å². The molecule has 0 fully saturated rings. The predicted molar refractivity (Wildman–Crippen MR) is 52.6 cm³/mol. The van der Waals surface area contributed by atoms with Gasteiger partial charge in [0, 0.05) is 17.6 Å². The first-order valence-corrected chi connectivity index (χ1v) is 4.46. The van der Waals surface area contributed by atoms with E-state index in [0.717, 1.165) is 10.9 Å². The summed E-state index contributed by atoms with van der Waals surface area (Å²) < 4.78 is 10.5. The van der Waals surface area contributed by atoms with E-state index in [0.29, 0.717) is 17.1 Å². The molecule has 1 aromatic carbocycles. The minimum absolute atomic E-state index is 0.247. The summed E-state index contributed by atoms with van der Waals surface area (Å²) in [5, 5.41) is 9.63. The third-order valence-electron chi connectivity index (χ3n) is 2.30. The number of nitriles is 1. The first-order chi connectivity index (χ1) is 7.36. The Kier molecular flexibility index (Phi) is 1.53. The molecule has 2 aromatic rings. The lowest BCUT2D eigenvalue weighted by molar-refractivity contribution is 0.174. The van der Waals surface area contributed by atoms with E-state index >= 15 is 0 Å². The Bertz CT molecular complexity index is 587. The van der Waals surface area contributed by atoms with E-state index in [9.17, 15) is 0 Å². The number of ether oxygens (including phenoxy) is 2. The van der Waals surface area contributed by atoms with Crippen LogP contribution in [-0.4, -0.2) is 11.8 Å². The standard InChI is InChI=1S/C11H6N2O2/c12-4-7-1-8-2-10-11(15-6-14-10)3-9(8)13-5-7/h1-3,5H,6H2. The van der Waals surface area contributed by atoms with Crippen molar-refractivity contribution in [2.75, 3.05) is 6.79 Å². The van der Waals surface area contributed by atoms with Crippen LogP contribution < -0.4 is 9.47 Å². The van der Waals surface area contributed by atoms with Crippen molar-refractivity contribution >= 4 is 10.9 Å². The van der Waals surface area contributed by atoms with Crippen molar-refractivity contribution in [2.45, 2.75) is 0 Å². The molecule has 0 atom stereocenters. The van der Waals surface area contributed by atoms with Crippen LogP contribution in [0, 0.1) is 11.3 Å². The second-order valence-corrected chi connectivity index (χ2v) is 3.23. The molecule has 1 aliphatic heterocycles. The van der Waals surface area contributed by atoms with Crippen molar-refractivity contribution < 1.29 is 9.47 Å². The summed E-state index contributed by atoms with van der Waals surface area (Å²) in [5.74, 6) is 1.42. The van der Waals surface area contributed by atoms with Gasteiger partial charge in [0.1, 0.15) is 6.07 Å². The maximum absolute atomic E-state index is 8.74. The van der Waals surface area contributed by atoms with E-state index in [-0.39, 0.29) is 6.79 Å². The predicted octanol–water partition coefficient (Wildman–Crippen LogP) is 1.84. The molecule has 72 valence electrons. The summed E-state index contributed by atoms with van der Waals surface area (Å²) in [5.41, 5.74) is 1.35. The van der Waals surface area contributed by atoms with Crippen LogP contribution in [0.3, 0.4) is 0 Å². The molecule has 4 heteroatoms. The molecule has 0 N–H and O–H groups in total. The van der Waals surface area contributed by atoms with Gasteiger partial charge in [-0.2, -0.15) is 5.26 Å². The van der Waals surface area contributed by atoms with Crippen LogP contribution in [0.1, 0.15) is 5.56 Å². The van der Waals surface area contributed by atoms with Crippen molar-refractivity contribution in [3.8, 4) is 17.6 Å². The van der Waals surface area contributed by atoms with E-state index in [4.69, 9.17) is 14.7 Å². The maximum Gasteiger partial charge on any atom is 0.231 e. The fourth-order valence-corrected chi connectivity index (χ4v) is 1.58. The highest BCUT2D eigenvalue weighted by atomic mass is 16.7. The number of pyridine rings is 1. The van der Waals surface area contributed by atoms with Gasteiger partial charge in [0.2, 0.25) is 6.79 Å². The Labute approximate surface area is 85.7 Å². The van der Waals surface area contributed by atoms with E-state index in [1.165, 1.54) is 0 Å². The number of benzene rings is 1. The van der Waals surface area contributed by atoms with Crippen molar-refractivity contribution in [3.05, 3.63) is 30.0 Å². The van der Waals surface area contributed by atoms with Crippen molar-refractivity contribution in [2.24, 2.45) is 0 Å². The van der Waals surface area contributed by atoms with Crippen LogP contribution >= 0.6 is 0 Å². The van der Waals surface area contributed by atoms with Crippen LogP contribution in [0.25, 0.3) is 10.9 Å². The lowest BCUT2D eigenvalue weighted by atomic mass is 10.1. The molecular weight excluding hydrogens is 192 g/mol. The van der Waals surface area contributed by atoms with Crippen LogP contribution in [0.5, 0.6) is 11.5 Å². The fourth-order valence-electron chi connectivity index (χ4n) is 1.58. The summed E-state index contributed by atoms with van der Waals surface area (Å²) >= 11 is 0. The number of hydrogen-bond donors (Lipinski definition) is 0. The summed E-state index contributed by atoms with van der Waals surface area (Å²) in [6.45, 7) is 0.247. The van der Waals surface area contributed by atoms with E-state index in [1.54, 1.807) is 12.3 Å². The number of rotatable bonds is 0. The lowest BCUT2D eigenvalue weighted by Gasteiger charge is -1.99. The second-order valence-electron chi connectivity index (χ2n) is 3.23. The first kappa shape index (κ1) is 8.06. The Morgan fingerprint density at radius 1 is 1.20 bits per heavy atom. The first-order valence-electron chi connectivity index (χ1n) is 4.46. The van der Waals surface area contributed by atoms with Gasteiger partial charge in [0.15, 0.2) is 11.5 Å². The van der Waals surface area contributed by atoms with Crippen LogP contribution in [0.4, 0.5) is 0 Å². The highest BCUT2D eigenvalue weighted by molar-refractivity contribution is 5.83. The molecule has 0 saturated heterocycles. The molecule has 0 spiro atoms. The lowest BCUT2D eigenvalue weighted by Crippen LogP contribution is -1.92. The fraction of sp³-hybridized carbons (Fsp3) is 0.0909. The largest absolute Gasteiger partial charge is 0.454 e. The molecule has 3 rings (SSSR count). The molecule has 4 nitrogen and oxygen atoms in total. The van der Waals surface area contributed by atoms with E-state index in [1.807, 2.05) is 12.1 Å². The van der Waals surface area contributed by atoms with Crippen LogP contribution in [0.2, 0.25) is 0 Å². The zero-order chi connectivity index (χ0) is 10.3. The van der Waals surface area contributed by atoms with Gasteiger partial charge in [-0.3, -0.25) is 4.98 Å². The zero-order valence-electron chi connectivity index (χ0n) is 7.73. The number of aromatic nitrogens is 1. The molecular formula is C11H6N2O2. The second kappa shape index (κ2) is 2.85.